The Morgan fingerprint density at radius 2 is 1.86 bits per heavy atom. The van der Waals surface area contributed by atoms with E-state index in [1.54, 1.807) is 20.3 Å². The minimum atomic E-state index is -0.0891. The number of likely N-dealkylation sites (N-methyl/N-ethyl adjacent to an activating group) is 1. The number of rotatable bonds is 7. The van der Waals surface area contributed by atoms with Crippen LogP contribution in [0.1, 0.15) is 38.0 Å². The summed E-state index contributed by atoms with van der Waals surface area (Å²) in [6, 6.07) is 10.2. The van der Waals surface area contributed by atoms with Crippen LogP contribution in [0.4, 0.5) is 0 Å². The fraction of sp³-hybridized carbons (Fsp3) is 0.476. The summed E-state index contributed by atoms with van der Waals surface area (Å²) >= 11 is 0. The molecule has 0 saturated heterocycles. The summed E-state index contributed by atoms with van der Waals surface area (Å²) in [6.07, 6.45) is 2.61. The third-order valence-corrected chi connectivity index (χ3v) is 4.12. The van der Waals surface area contributed by atoms with E-state index in [4.69, 9.17) is 4.42 Å². The van der Waals surface area contributed by atoms with E-state index in [-0.39, 0.29) is 41.8 Å². The van der Waals surface area contributed by atoms with E-state index in [2.05, 4.69) is 53.5 Å². The zero-order valence-corrected chi connectivity index (χ0v) is 20.2. The van der Waals surface area contributed by atoms with Crippen LogP contribution >= 0.6 is 24.0 Å². The van der Waals surface area contributed by atoms with Crippen molar-refractivity contribution in [3.63, 3.8) is 0 Å². The van der Waals surface area contributed by atoms with Crippen molar-refractivity contribution < 1.29 is 9.21 Å². The van der Waals surface area contributed by atoms with Gasteiger partial charge in [-0.3, -0.25) is 4.79 Å². The van der Waals surface area contributed by atoms with Crippen LogP contribution in [0.25, 0.3) is 0 Å². The number of nitrogens with one attached hydrogen (secondary N) is 2. The van der Waals surface area contributed by atoms with Crippen molar-refractivity contribution in [2.45, 2.75) is 39.2 Å². The first-order valence-electron chi connectivity index (χ1n) is 9.47. The Hall–Kier alpha value is -2.10. The molecule has 0 spiro atoms. The van der Waals surface area contributed by atoms with Gasteiger partial charge in [0.2, 0.25) is 11.8 Å². The van der Waals surface area contributed by atoms with Gasteiger partial charge in [0.1, 0.15) is 12.3 Å². The summed E-state index contributed by atoms with van der Waals surface area (Å²) < 4.78 is 5.80. The van der Waals surface area contributed by atoms with Crippen molar-refractivity contribution in [1.82, 2.24) is 20.5 Å². The van der Waals surface area contributed by atoms with Gasteiger partial charge in [-0.2, -0.15) is 0 Å². The second-order valence-corrected chi connectivity index (χ2v) is 7.84. The first kappa shape index (κ1) is 24.9. The fourth-order valence-electron chi connectivity index (χ4n) is 2.33. The first-order chi connectivity index (χ1) is 13.3. The molecule has 2 aromatic rings. The highest BCUT2D eigenvalue weighted by Gasteiger charge is 2.19. The predicted molar refractivity (Wildman–Crippen MR) is 127 cm³/mol. The number of aromatic nitrogens is 1. The smallest absolute Gasteiger partial charge is 0.243 e. The molecule has 1 heterocycles. The lowest BCUT2D eigenvalue weighted by Crippen LogP contribution is -2.39. The molecule has 0 aliphatic heterocycles. The quantitative estimate of drug-likeness (QED) is 0.338. The van der Waals surface area contributed by atoms with Crippen molar-refractivity contribution in [1.29, 1.82) is 0 Å². The monoisotopic (exact) mass is 513 g/mol. The third-order valence-electron chi connectivity index (χ3n) is 4.12. The van der Waals surface area contributed by atoms with Crippen LogP contribution in [-0.4, -0.2) is 48.9 Å². The number of carbonyl (C=O) groups is 1. The number of aliphatic imine (C=N–C) groups is 1. The second-order valence-electron chi connectivity index (χ2n) is 7.84. The highest BCUT2D eigenvalue weighted by atomic mass is 127. The molecule has 1 aromatic carbocycles. The lowest BCUT2D eigenvalue weighted by atomic mass is 9.94. The maximum absolute atomic E-state index is 11.9. The van der Waals surface area contributed by atoms with Crippen molar-refractivity contribution in [3.05, 3.63) is 53.7 Å². The lowest BCUT2D eigenvalue weighted by Gasteiger charge is -2.14. The number of hydrogen-bond acceptors (Lipinski definition) is 4. The van der Waals surface area contributed by atoms with Crippen LogP contribution in [0.15, 0.2) is 45.9 Å². The second kappa shape index (κ2) is 11.8. The molecule has 2 rings (SSSR count). The van der Waals surface area contributed by atoms with Gasteiger partial charge in [-0.1, -0.05) is 51.1 Å². The summed E-state index contributed by atoms with van der Waals surface area (Å²) in [5, 5.41) is 6.46. The summed E-state index contributed by atoms with van der Waals surface area (Å²) in [4.78, 5) is 22.1. The molecule has 2 N–H and O–H groups in total. The predicted octanol–water partition coefficient (Wildman–Crippen LogP) is 2.96. The van der Waals surface area contributed by atoms with Crippen LogP contribution in [0.2, 0.25) is 0 Å². The van der Waals surface area contributed by atoms with E-state index < -0.39 is 0 Å². The number of oxazole rings is 1. The van der Waals surface area contributed by atoms with E-state index >= 15 is 0 Å². The topological polar surface area (TPSA) is 82.8 Å². The van der Waals surface area contributed by atoms with Crippen molar-refractivity contribution in [2.75, 3.05) is 27.2 Å². The van der Waals surface area contributed by atoms with Crippen molar-refractivity contribution in [3.8, 4) is 0 Å². The zero-order chi connectivity index (χ0) is 20.6. The lowest BCUT2D eigenvalue weighted by molar-refractivity contribution is -0.127. The Labute approximate surface area is 190 Å². The Morgan fingerprint density at radius 1 is 1.17 bits per heavy atom. The average molecular weight is 513 g/mol. The Morgan fingerprint density at radius 3 is 2.45 bits per heavy atom. The van der Waals surface area contributed by atoms with Crippen LogP contribution in [0.5, 0.6) is 0 Å². The number of halogens is 1. The molecule has 29 heavy (non-hydrogen) atoms. The van der Waals surface area contributed by atoms with Gasteiger partial charge in [0.15, 0.2) is 5.96 Å². The minimum absolute atomic E-state index is 0. The van der Waals surface area contributed by atoms with Gasteiger partial charge < -0.3 is 20.0 Å². The summed E-state index contributed by atoms with van der Waals surface area (Å²) in [5.74, 6) is 1.92. The molecular formula is C21H32IN5O2. The molecule has 0 aliphatic rings. The van der Waals surface area contributed by atoms with E-state index in [0.717, 1.165) is 12.2 Å². The van der Waals surface area contributed by atoms with Crippen LogP contribution in [-0.2, 0) is 23.2 Å². The highest BCUT2D eigenvalue weighted by molar-refractivity contribution is 14.0. The molecule has 1 amide bonds. The molecule has 0 unspecified atom stereocenters. The molecular weight excluding hydrogens is 481 g/mol. The fourth-order valence-corrected chi connectivity index (χ4v) is 2.33. The number of hydrogen-bond donors (Lipinski definition) is 2. The molecule has 0 aliphatic carbocycles. The van der Waals surface area contributed by atoms with Crippen molar-refractivity contribution >= 4 is 35.8 Å². The normalized spacial score (nSPS) is 11.6. The molecule has 8 heteroatoms. The van der Waals surface area contributed by atoms with Crippen molar-refractivity contribution in [2.24, 2.45) is 4.99 Å². The van der Waals surface area contributed by atoms with Gasteiger partial charge >= 0.3 is 0 Å². The Bertz CT molecular complexity index is 782. The van der Waals surface area contributed by atoms with Crippen LogP contribution < -0.4 is 10.6 Å². The van der Waals surface area contributed by atoms with Crippen LogP contribution in [0.3, 0.4) is 0 Å². The summed E-state index contributed by atoms with van der Waals surface area (Å²) in [7, 11) is 3.43. The summed E-state index contributed by atoms with van der Waals surface area (Å²) in [6.45, 7) is 7.40. The van der Waals surface area contributed by atoms with Gasteiger partial charge in [-0.25, -0.2) is 9.98 Å². The Balaban J connectivity index is 0.00000420. The summed E-state index contributed by atoms with van der Waals surface area (Å²) in [5.41, 5.74) is 1.15. The minimum Gasteiger partial charge on any atom is -0.443 e. The van der Waals surface area contributed by atoms with Gasteiger partial charge in [0.05, 0.1) is 12.7 Å². The number of guanidine groups is 1. The van der Waals surface area contributed by atoms with E-state index in [1.165, 1.54) is 10.5 Å². The first-order valence-corrected chi connectivity index (χ1v) is 9.47. The molecule has 0 radical (unpaired) electrons. The zero-order valence-electron chi connectivity index (χ0n) is 17.9. The number of carbonyl (C=O) groups excluding carboxylic acids is 1. The standard InChI is InChI=1S/C21H31N5O2.HI/c1-21(2,3)17-13-23-18(28-17)14-24-20(25-15-19(27)26(4)5)22-12-11-16-9-7-6-8-10-16;/h6-10,13H,11-12,14-15H2,1-5H3,(H2,22,24,25);1H. The molecule has 0 fully saturated rings. The van der Waals surface area contributed by atoms with Gasteiger partial charge in [0.25, 0.3) is 0 Å². The van der Waals surface area contributed by atoms with E-state index in [9.17, 15) is 4.79 Å². The average Bonchev–Trinajstić information content (AvgIpc) is 3.13. The Kier molecular flexibility index (Phi) is 10.1. The molecule has 7 nitrogen and oxygen atoms in total. The van der Waals surface area contributed by atoms with E-state index in [0.29, 0.717) is 24.9 Å². The molecule has 0 bridgehead atoms. The number of amides is 1. The van der Waals surface area contributed by atoms with E-state index in [1.807, 2.05) is 18.2 Å². The highest BCUT2D eigenvalue weighted by Crippen LogP contribution is 2.22. The van der Waals surface area contributed by atoms with Gasteiger partial charge in [-0.05, 0) is 12.0 Å². The maximum atomic E-state index is 11.9. The van der Waals surface area contributed by atoms with Crippen LogP contribution in [0, 0.1) is 0 Å². The SMILES string of the molecule is CN(C)C(=O)CN=C(NCCc1ccccc1)NCc1ncc(C(C)(C)C)o1.I. The molecule has 0 saturated carbocycles. The largest absolute Gasteiger partial charge is 0.443 e. The molecule has 1 aromatic heterocycles. The molecule has 0 atom stereocenters. The maximum Gasteiger partial charge on any atom is 0.243 e. The van der Waals surface area contributed by atoms with Gasteiger partial charge in [-0.15, -0.1) is 24.0 Å². The number of benzene rings is 1. The third kappa shape index (κ3) is 8.84. The van der Waals surface area contributed by atoms with Gasteiger partial charge in [0, 0.05) is 26.1 Å². The molecule has 160 valence electrons. The number of nitrogens with zero attached hydrogens (tertiary/aromatic N) is 3.